The minimum absolute atomic E-state index is 0.109. The number of carbonyl (C=O) groups is 1. The van der Waals surface area contributed by atoms with Gasteiger partial charge in [-0.3, -0.25) is 10.2 Å². The fraction of sp³-hybridized carbons (Fsp3) is 0.909. The summed E-state index contributed by atoms with van der Waals surface area (Å²) >= 11 is 0. The fourth-order valence-corrected chi connectivity index (χ4v) is 3.84. The first-order valence-electron chi connectivity index (χ1n) is 5.79. The highest BCUT2D eigenvalue weighted by Crippen LogP contribution is 2.51. The quantitative estimate of drug-likeness (QED) is 0.608. The Bertz CT molecular complexity index is 270. The van der Waals surface area contributed by atoms with Gasteiger partial charge in [0.05, 0.1) is 11.5 Å². The van der Waals surface area contributed by atoms with Crippen LogP contribution in [0.2, 0.25) is 0 Å². The van der Waals surface area contributed by atoms with Crippen molar-refractivity contribution >= 4 is 5.91 Å². The Morgan fingerprint density at radius 3 is 2.43 bits per heavy atom. The van der Waals surface area contributed by atoms with Crippen LogP contribution >= 0.6 is 0 Å². The van der Waals surface area contributed by atoms with E-state index in [0.29, 0.717) is 0 Å². The molecule has 14 heavy (non-hydrogen) atoms. The Morgan fingerprint density at radius 2 is 2.00 bits per heavy atom. The van der Waals surface area contributed by atoms with Gasteiger partial charge in [-0.15, -0.1) is 0 Å². The summed E-state index contributed by atoms with van der Waals surface area (Å²) in [6.07, 6.45) is 6.61. The summed E-state index contributed by atoms with van der Waals surface area (Å²) < 4.78 is 0. The van der Waals surface area contributed by atoms with Crippen LogP contribution in [0.15, 0.2) is 0 Å². The van der Waals surface area contributed by atoms with Crippen molar-refractivity contribution in [1.82, 2.24) is 10.9 Å². The SMILES string of the molecule is CC1C(=O)NNC12CC1CCC2CC1. The van der Waals surface area contributed by atoms with Crippen LogP contribution in [0.1, 0.15) is 39.0 Å². The van der Waals surface area contributed by atoms with Gasteiger partial charge in [0.2, 0.25) is 5.91 Å². The minimum atomic E-state index is 0.109. The Kier molecular flexibility index (Phi) is 1.69. The van der Waals surface area contributed by atoms with Crippen molar-refractivity contribution in [3.05, 3.63) is 0 Å². The lowest BCUT2D eigenvalue weighted by atomic mass is 9.57. The maximum Gasteiger partial charge on any atom is 0.238 e. The smallest absolute Gasteiger partial charge is 0.238 e. The lowest BCUT2D eigenvalue weighted by Crippen LogP contribution is -2.58. The van der Waals surface area contributed by atoms with Crippen LogP contribution in [0.5, 0.6) is 0 Å². The average molecular weight is 194 g/mol. The molecule has 4 fully saturated rings. The summed E-state index contributed by atoms with van der Waals surface area (Å²) in [7, 11) is 0. The van der Waals surface area contributed by atoms with Crippen LogP contribution in [0.3, 0.4) is 0 Å². The van der Waals surface area contributed by atoms with E-state index in [4.69, 9.17) is 0 Å². The van der Waals surface area contributed by atoms with Crippen molar-refractivity contribution in [2.75, 3.05) is 0 Å². The fourth-order valence-electron chi connectivity index (χ4n) is 3.84. The van der Waals surface area contributed by atoms with E-state index in [0.717, 1.165) is 11.8 Å². The molecule has 4 aliphatic rings. The summed E-state index contributed by atoms with van der Waals surface area (Å²) in [6, 6.07) is 0. The van der Waals surface area contributed by atoms with Crippen LogP contribution in [-0.4, -0.2) is 11.4 Å². The molecule has 0 aromatic heterocycles. The third-order valence-corrected chi connectivity index (χ3v) is 4.79. The molecule has 0 radical (unpaired) electrons. The zero-order valence-corrected chi connectivity index (χ0v) is 8.68. The number of hydrogen-bond donors (Lipinski definition) is 2. The molecule has 2 bridgehead atoms. The van der Waals surface area contributed by atoms with Crippen molar-refractivity contribution in [3.63, 3.8) is 0 Å². The van der Waals surface area contributed by atoms with E-state index in [1.165, 1.54) is 32.1 Å². The molecule has 1 heterocycles. The van der Waals surface area contributed by atoms with Gasteiger partial charge in [0, 0.05) is 0 Å². The van der Waals surface area contributed by atoms with Gasteiger partial charge >= 0.3 is 0 Å². The maximum absolute atomic E-state index is 11.6. The predicted molar refractivity (Wildman–Crippen MR) is 53.2 cm³/mol. The number of rotatable bonds is 0. The van der Waals surface area contributed by atoms with Crippen molar-refractivity contribution in [2.24, 2.45) is 17.8 Å². The molecule has 1 saturated heterocycles. The first-order chi connectivity index (χ1) is 6.72. The molecule has 4 rings (SSSR count). The minimum Gasteiger partial charge on any atom is -0.291 e. The van der Waals surface area contributed by atoms with E-state index in [2.05, 4.69) is 17.8 Å². The standard InChI is InChI=1S/C11H18N2O/c1-7-10(14)12-13-11(7)6-8-2-4-9(11)5-3-8/h7-9,13H,2-6H2,1H3,(H,12,14). The number of hydrogen-bond acceptors (Lipinski definition) is 2. The Balaban J connectivity index is 1.93. The van der Waals surface area contributed by atoms with Gasteiger partial charge in [-0.1, -0.05) is 19.8 Å². The van der Waals surface area contributed by atoms with Crippen LogP contribution < -0.4 is 10.9 Å². The second-order valence-corrected chi connectivity index (χ2v) is 5.30. The van der Waals surface area contributed by atoms with Crippen LogP contribution in [0, 0.1) is 17.8 Å². The third-order valence-electron chi connectivity index (χ3n) is 4.79. The molecule has 1 aliphatic heterocycles. The molecule has 2 N–H and O–H groups in total. The van der Waals surface area contributed by atoms with Gasteiger partial charge in [0.1, 0.15) is 0 Å². The zero-order chi connectivity index (χ0) is 9.76. The molecule has 1 amide bonds. The predicted octanol–water partition coefficient (Wildman–Crippen LogP) is 1.21. The van der Waals surface area contributed by atoms with E-state index in [1.54, 1.807) is 0 Å². The second kappa shape index (κ2) is 2.72. The summed E-state index contributed by atoms with van der Waals surface area (Å²) in [4.78, 5) is 11.6. The third kappa shape index (κ3) is 0.937. The number of amides is 1. The normalized spacial score (nSPS) is 51.2. The largest absolute Gasteiger partial charge is 0.291 e. The molecule has 3 aliphatic carbocycles. The number of fused-ring (bicyclic) bond motifs is 2. The van der Waals surface area contributed by atoms with E-state index in [9.17, 15) is 4.79 Å². The number of nitrogens with one attached hydrogen (secondary N) is 2. The van der Waals surface area contributed by atoms with Crippen molar-refractivity contribution in [1.29, 1.82) is 0 Å². The molecule has 3 saturated carbocycles. The molecule has 3 heteroatoms. The highest BCUT2D eigenvalue weighted by molar-refractivity contribution is 5.81. The van der Waals surface area contributed by atoms with Gasteiger partial charge in [-0.05, 0) is 31.1 Å². The lowest BCUT2D eigenvalue weighted by Gasteiger charge is -2.51. The van der Waals surface area contributed by atoms with Crippen LogP contribution in [0.25, 0.3) is 0 Å². The molecule has 2 unspecified atom stereocenters. The first kappa shape index (κ1) is 8.72. The van der Waals surface area contributed by atoms with Gasteiger partial charge in [-0.2, -0.15) is 0 Å². The Hall–Kier alpha value is -0.570. The number of hydrazine groups is 1. The molecule has 0 aromatic rings. The average Bonchev–Trinajstić information content (AvgIpc) is 2.50. The molecule has 2 atom stereocenters. The van der Waals surface area contributed by atoms with E-state index >= 15 is 0 Å². The Morgan fingerprint density at radius 1 is 1.29 bits per heavy atom. The molecule has 3 nitrogen and oxygen atoms in total. The molecule has 0 aromatic carbocycles. The van der Waals surface area contributed by atoms with Crippen LogP contribution in [0.4, 0.5) is 0 Å². The zero-order valence-electron chi connectivity index (χ0n) is 8.68. The van der Waals surface area contributed by atoms with Crippen molar-refractivity contribution < 1.29 is 4.79 Å². The van der Waals surface area contributed by atoms with Crippen molar-refractivity contribution in [3.8, 4) is 0 Å². The van der Waals surface area contributed by atoms with E-state index < -0.39 is 0 Å². The monoisotopic (exact) mass is 194 g/mol. The molecule has 1 spiro atoms. The molecular weight excluding hydrogens is 176 g/mol. The highest BCUT2D eigenvalue weighted by atomic mass is 16.2. The highest BCUT2D eigenvalue weighted by Gasteiger charge is 2.55. The van der Waals surface area contributed by atoms with Gasteiger partial charge in [0.25, 0.3) is 0 Å². The summed E-state index contributed by atoms with van der Waals surface area (Å²) in [5, 5.41) is 0. The summed E-state index contributed by atoms with van der Waals surface area (Å²) in [5.41, 5.74) is 6.24. The van der Waals surface area contributed by atoms with Crippen molar-refractivity contribution in [2.45, 2.75) is 44.6 Å². The van der Waals surface area contributed by atoms with Crippen LogP contribution in [-0.2, 0) is 4.79 Å². The second-order valence-electron chi connectivity index (χ2n) is 5.30. The Labute approximate surface area is 84.6 Å². The van der Waals surface area contributed by atoms with Gasteiger partial charge < -0.3 is 0 Å². The number of carbonyl (C=O) groups excluding carboxylic acids is 1. The van der Waals surface area contributed by atoms with E-state index in [-0.39, 0.29) is 17.4 Å². The maximum atomic E-state index is 11.6. The molecule has 78 valence electrons. The topological polar surface area (TPSA) is 41.1 Å². The van der Waals surface area contributed by atoms with Gasteiger partial charge in [-0.25, -0.2) is 5.43 Å². The molecular formula is C11H18N2O. The van der Waals surface area contributed by atoms with E-state index in [1.807, 2.05) is 0 Å². The van der Waals surface area contributed by atoms with Gasteiger partial charge in [0.15, 0.2) is 0 Å². The lowest BCUT2D eigenvalue weighted by molar-refractivity contribution is -0.123. The summed E-state index contributed by atoms with van der Waals surface area (Å²) in [6.45, 7) is 2.08. The first-order valence-corrected chi connectivity index (χ1v) is 5.79. The summed E-state index contributed by atoms with van der Waals surface area (Å²) in [5.74, 6) is 1.94.